The lowest BCUT2D eigenvalue weighted by molar-refractivity contribution is -0.662. The highest BCUT2D eigenvalue weighted by molar-refractivity contribution is 7.22. The van der Waals surface area contributed by atoms with Crippen molar-refractivity contribution in [3.63, 3.8) is 0 Å². The maximum Gasteiger partial charge on any atom is 0.234 e. The highest BCUT2D eigenvalue weighted by Gasteiger charge is 2.66. The van der Waals surface area contributed by atoms with Gasteiger partial charge >= 0.3 is 0 Å². The number of ketones is 1. The van der Waals surface area contributed by atoms with Crippen molar-refractivity contribution in [1.82, 2.24) is 20.3 Å². The minimum absolute atomic E-state index is 0.0727. The summed E-state index contributed by atoms with van der Waals surface area (Å²) in [5.41, 5.74) is 22.2. The van der Waals surface area contributed by atoms with E-state index in [1.807, 2.05) is 0 Å². The number of nitroso groups, excluding NO2 is 1. The number of rotatable bonds is 27. The molecule has 6 aliphatic carbocycles. The zero-order chi connectivity index (χ0) is 50.7. The lowest BCUT2D eigenvalue weighted by atomic mass is 9.39. The average Bonchev–Trinajstić information content (AvgIpc) is 3.73. The molecule has 2 aliphatic heterocycles. The fraction of sp³-hybridized carbons (Fsp3) is 0.655. The molecule has 0 saturated heterocycles. The van der Waals surface area contributed by atoms with E-state index in [4.69, 9.17) is 25.4 Å². The van der Waals surface area contributed by atoms with Crippen molar-refractivity contribution < 1.29 is 19.7 Å². The Hall–Kier alpha value is -4.50. The number of nitrogens with one attached hydrogen (secondary N) is 2. The number of pyridine rings is 1. The Kier molecular flexibility index (Phi) is 16.1. The van der Waals surface area contributed by atoms with Crippen molar-refractivity contribution in [2.24, 2.45) is 27.0 Å². The number of ether oxygens (including phenoxy) is 1. The fourth-order valence-corrected chi connectivity index (χ4v) is 15.8. The van der Waals surface area contributed by atoms with Crippen LogP contribution >= 0.6 is 11.3 Å². The van der Waals surface area contributed by atoms with Crippen LogP contribution < -0.4 is 26.8 Å². The van der Waals surface area contributed by atoms with Gasteiger partial charge in [-0.05, 0) is 151 Å². The van der Waals surface area contributed by atoms with Crippen LogP contribution in [0.4, 0.5) is 10.9 Å². The monoisotopic (exact) mass is 1000 g/mol. The van der Waals surface area contributed by atoms with Gasteiger partial charge in [-0.1, -0.05) is 89.0 Å². The van der Waals surface area contributed by atoms with Gasteiger partial charge in [0.25, 0.3) is 0 Å². The summed E-state index contributed by atoms with van der Waals surface area (Å²) in [5, 5.41) is 4.50. The molecule has 13 nitrogen and oxygen atoms in total. The maximum absolute atomic E-state index is 12.8. The van der Waals surface area contributed by atoms with Gasteiger partial charge in [0.1, 0.15) is 17.3 Å². The van der Waals surface area contributed by atoms with Crippen LogP contribution in [0.25, 0.3) is 15.8 Å². The number of likely N-dealkylation sites (N-methyl/N-ethyl adjacent to an activating group) is 1. The first-order valence-corrected chi connectivity index (χ1v) is 28.5. The number of Topliss-reactive ketones (excluding diaryl/α,β-unsaturated/α-hetero) is 1. The Morgan fingerprint density at radius 2 is 1.67 bits per heavy atom. The zero-order valence-electron chi connectivity index (χ0n) is 44.9. The molecule has 6 bridgehead atoms. The molecule has 4 saturated carbocycles. The van der Waals surface area contributed by atoms with Crippen LogP contribution in [-0.4, -0.2) is 83.6 Å². The lowest BCUT2D eigenvalue weighted by Crippen LogP contribution is -2.95. The number of anilines is 2. The smallest absolute Gasteiger partial charge is 0.234 e. The topological polar surface area (TPSA) is 158 Å². The SMILES string of the molecule is CC(=O)CCCCCCCCCCCCCN(C)CCOC12CC3(C)CC(C)(CC(CN=C(C)/C(=C\N)c4ccc(N5CCCC6=C5[NH2+]NC(Nc5nc7c8cc(cc7s5)C8)=C6C)nc4C[N+](C)=O)(C3)C1)C2. The van der Waals surface area contributed by atoms with E-state index in [-0.39, 0.29) is 28.4 Å². The minimum Gasteiger partial charge on any atom is -0.404 e. The minimum atomic E-state index is -0.103. The third-order valence-electron chi connectivity index (χ3n) is 17.1. The van der Waals surface area contributed by atoms with E-state index in [1.165, 1.54) is 110 Å². The molecule has 11 rings (SSSR count). The molecule has 0 spiro atoms. The first-order valence-electron chi connectivity index (χ1n) is 27.7. The summed E-state index contributed by atoms with van der Waals surface area (Å²) in [7, 11) is 3.82. The molecule has 0 amide bonds. The second kappa shape index (κ2) is 22.1. The average molecular weight is 1000 g/mol. The molecular weight excluding hydrogens is 917 g/mol. The molecule has 390 valence electrons. The van der Waals surface area contributed by atoms with Gasteiger partial charge < -0.3 is 25.5 Å². The van der Waals surface area contributed by atoms with E-state index in [0.717, 1.165) is 134 Å². The Bertz CT molecular complexity index is 2610. The number of hydrogen-bond acceptors (Lipinski definition) is 12. The van der Waals surface area contributed by atoms with Crippen LogP contribution in [0.1, 0.15) is 185 Å². The Balaban J connectivity index is 0.803. The molecule has 4 fully saturated rings. The number of hydrogen-bond donors (Lipinski definition) is 4. The number of nitrogens with zero attached hydrogens (tertiary/aromatic N) is 6. The first-order chi connectivity index (χ1) is 34.6. The quantitative estimate of drug-likeness (QED) is 0.0196. The van der Waals surface area contributed by atoms with Gasteiger partial charge in [0.15, 0.2) is 18.0 Å². The number of allylic oxidation sites excluding steroid dienone is 3. The van der Waals surface area contributed by atoms with E-state index >= 15 is 0 Å². The normalized spacial score (nSPS) is 25.6. The van der Waals surface area contributed by atoms with Gasteiger partial charge in [-0.2, -0.15) is 5.43 Å². The number of carbonyl (C=O) groups is 1. The molecule has 2 aromatic heterocycles. The second-order valence-corrected chi connectivity index (χ2v) is 25.2. The predicted molar refractivity (Wildman–Crippen MR) is 294 cm³/mol. The summed E-state index contributed by atoms with van der Waals surface area (Å²) in [6.07, 6.45) is 26.5. The Labute approximate surface area is 433 Å². The summed E-state index contributed by atoms with van der Waals surface area (Å²) in [5.74, 6) is 3.21. The van der Waals surface area contributed by atoms with Gasteiger partial charge in [0.05, 0.1) is 22.4 Å². The predicted octanol–water partition coefficient (Wildman–Crippen LogP) is 10.8. The first kappa shape index (κ1) is 52.4. The fourth-order valence-electron chi connectivity index (χ4n) is 14.8. The number of aromatic nitrogens is 2. The summed E-state index contributed by atoms with van der Waals surface area (Å²) in [6, 6.07) is 8.68. The maximum atomic E-state index is 12.8. The number of carbonyl (C=O) groups excluding carboxylic acids is 1. The number of aliphatic imine (C=N–C) groups is 1. The van der Waals surface area contributed by atoms with Gasteiger partial charge in [-0.3, -0.25) is 9.89 Å². The number of quaternary nitrogens is 1. The van der Waals surface area contributed by atoms with Crippen molar-refractivity contribution in [2.75, 3.05) is 57.1 Å². The lowest BCUT2D eigenvalue weighted by Gasteiger charge is -2.69. The Morgan fingerprint density at radius 1 is 0.972 bits per heavy atom. The molecular formula is C58H86N10O3S+2. The van der Waals surface area contributed by atoms with Crippen LogP contribution in [0.2, 0.25) is 0 Å². The molecule has 14 heteroatoms. The number of benzene rings is 1. The van der Waals surface area contributed by atoms with Crippen molar-refractivity contribution in [1.29, 1.82) is 0 Å². The molecule has 8 aliphatic rings. The van der Waals surface area contributed by atoms with Crippen molar-refractivity contribution in [3.05, 3.63) is 80.5 Å². The van der Waals surface area contributed by atoms with Gasteiger partial charge in [-0.15, -0.1) is 0 Å². The van der Waals surface area contributed by atoms with Gasteiger partial charge in [0.2, 0.25) is 12.4 Å². The molecule has 2 unspecified atom stereocenters. The molecule has 72 heavy (non-hydrogen) atoms. The molecule has 3 aromatic rings. The van der Waals surface area contributed by atoms with Crippen LogP contribution in [0, 0.1) is 21.2 Å². The molecule has 6 N–H and O–H groups in total. The van der Waals surface area contributed by atoms with Crippen LogP contribution in [-0.2, 0) is 22.5 Å². The second-order valence-electron chi connectivity index (χ2n) is 24.1. The standard InChI is InChI=1S/C58H85N10O3S/c1-40(69)20-17-15-13-11-9-8-10-12-14-16-18-24-66(6)26-27-71-58-36-55(4)33-56(5,37-58)35-57(34-55,38-58)39-60-42(3)47(31-59)46-22-23-50(61-48(46)32-67(7)70)68-25-19-21-45-41(2)52(64-65-53(45)68)63-54-62-51-44-28-43(29-44)30-49(51)72-54/h22-23,28,30-31,64-65H,8-21,24-27,29,32-39,59H2,1-7H3,(H,62,63)/q+1/p+1/b47-31+,60-42?. The van der Waals surface area contributed by atoms with Crippen molar-refractivity contribution >= 4 is 49.6 Å². The van der Waals surface area contributed by atoms with Gasteiger partial charge in [-0.25, -0.2) is 15.4 Å². The van der Waals surface area contributed by atoms with Crippen molar-refractivity contribution in [2.45, 2.75) is 182 Å². The van der Waals surface area contributed by atoms with Crippen molar-refractivity contribution in [3.8, 4) is 0 Å². The summed E-state index contributed by atoms with van der Waals surface area (Å²) in [4.78, 5) is 44.3. The zero-order valence-corrected chi connectivity index (χ0v) is 45.8. The van der Waals surface area contributed by atoms with E-state index in [9.17, 15) is 9.70 Å². The van der Waals surface area contributed by atoms with E-state index < -0.39 is 0 Å². The largest absolute Gasteiger partial charge is 0.404 e. The van der Waals surface area contributed by atoms with E-state index in [2.05, 4.69) is 85.0 Å². The summed E-state index contributed by atoms with van der Waals surface area (Å²) < 4.78 is 9.32. The summed E-state index contributed by atoms with van der Waals surface area (Å²) in [6.45, 7) is 15.6. The molecule has 0 radical (unpaired) electrons. The highest BCUT2D eigenvalue weighted by atomic mass is 32.1. The summed E-state index contributed by atoms with van der Waals surface area (Å²) >= 11 is 1.70. The molecule has 4 heterocycles. The Morgan fingerprint density at radius 3 is 2.33 bits per heavy atom. The van der Waals surface area contributed by atoms with Crippen LogP contribution in [0.15, 0.2) is 58.2 Å². The molecule has 1 aromatic carbocycles. The van der Waals surface area contributed by atoms with Crippen LogP contribution in [0.5, 0.6) is 0 Å². The van der Waals surface area contributed by atoms with Crippen LogP contribution in [0.3, 0.4) is 0 Å². The molecule has 2 atom stereocenters. The number of nitrogens with two attached hydrogens (primary N) is 2. The number of thiazole rings is 1. The number of unbranched alkanes of at least 4 members (excludes halogenated alkanes) is 10. The van der Waals surface area contributed by atoms with E-state index in [0.29, 0.717) is 11.5 Å². The van der Waals surface area contributed by atoms with Gasteiger partial charge in [0, 0.05) is 69.9 Å². The third kappa shape index (κ3) is 12.0. The highest BCUT2D eigenvalue weighted by Crippen LogP contribution is 2.71. The third-order valence-corrected chi connectivity index (χ3v) is 18.0. The van der Waals surface area contributed by atoms with E-state index in [1.54, 1.807) is 31.5 Å².